The van der Waals surface area contributed by atoms with Gasteiger partial charge in [-0.05, 0) is 49.2 Å². The smallest absolute Gasteiger partial charge is 0.125 e. The molecule has 0 amide bonds. The van der Waals surface area contributed by atoms with Crippen LogP contribution in [0.25, 0.3) is 0 Å². The Morgan fingerprint density at radius 2 is 1.79 bits per heavy atom. The standard InChI is InChI=1S/C16H17BrO2/c1-11-4-5-12(2)16(8-11)19-10-13-9-14(17)6-7-15(13)18-3/h4-9H,10H2,1-3H3. The molecule has 2 aromatic rings. The molecule has 0 fully saturated rings. The second kappa shape index (κ2) is 6.11. The first kappa shape index (κ1) is 13.9. The second-order valence-corrected chi connectivity index (χ2v) is 5.43. The molecular weight excluding hydrogens is 304 g/mol. The largest absolute Gasteiger partial charge is 0.496 e. The Hall–Kier alpha value is -1.48. The number of benzene rings is 2. The molecule has 100 valence electrons. The lowest BCUT2D eigenvalue weighted by Crippen LogP contribution is -2.00. The number of methoxy groups -OCH3 is 1. The van der Waals surface area contributed by atoms with Crippen LogP contribution in [0.15, 0.2) is 40.9 Å². The molecule has 0 bridgehead atoms. The van der Waals surface area contributed by atoms with E-state index < -0.39 is 0 Å². The van der Waals surface area contributed by atoms with Crippen molar-refractivity contribution in [1.82, 2.24) is 0 Å². The Kier molecular flexibility index (Phi) is 4.48. The van der Waals surface area contributed by atoms with Gasteiger partial charge in [-0.2, -0.15) is 0 Å². The van der Waals surface area contributed by atoms with Crippen molar-refractivity contribution < 1.29 is 9.47 Å². The average Bonchev–Trinajstić information content (AvgIpc) is 2.40. The summed E-state index contributed by atoms with van der Waals surface area (Å²) in [5.41, 5.74) is 3.36. The van der Waals surface area contributed by atoms with Crippen LogP contribution in [0.4, 0.5) is 0 Å². The lowest BCUT2D eigenvalue weighted by molar-refractivity contribution is 0.294. The van der Waals surface area contributed by atoms with E-state index in [0.29, 0.717) is 6.61 Å². The maximum atomic E-state index is 5.90. The molecule has 2 nitrogen and oxygen atoms in total. The van der Waals surface area contributed by atoms with Gasteiger partial charge >= 0.3 is 0 Å². The number of hydrogen-bond acceptors (Lipinski definition) is 2. The molecule has 3 heteroatoms. The fourth-order valence-electron chi connectivity index (χ4n) is 1.88. The Morgan fingerprint density at radius 1 is 1.00 bits per heavy atom. The summed E-state index contributed by atoms with van der Waals surface area (Å²) in [5.74, 6) is 1.76. The van der Waals surface area contributed by atoms with Crippen LogP contribution in [0.3, 0.4) is 0 Å². The van der Waals surface area contributed by atoms with E-state index in [-0.39, 0.29) is 0 Å². The van der Waals surface area contributed by atoms with Gasteiger partial charge in [0.1, 0.15) is 18.1 Å². The van der Waals surface area contributed by atoms with Gasteiger partial charge in [0.2, 0.25) is 0 Å². The first-order valence-electron chi connectivity index (χ1n) is 6.12. The minimum atomic E-state index is 0.493. The molecule has 0 aliphatic carbocycles. The number of halogens is 1. The van der Waals surface area contributed by atoms with Gasteiger partial charge in [0.25, 0.3) is 0 Å². The summed E-state index contributed by atoms with van der Waals surface area (Å²) in [5, 5.41) is 0. The molecule has 2 aromatic carbocycles. The summed E-state index contributed by atoms with van der Waals surface area (Å²) < 4.78 is 12.3. The average molecular weight is 321 g/mol. The minimum Gasteiger partial charge on any atom is -0.496 e. The fourth-order valence-corrected chi connectivity index (χ4v) is 2.29. The summed E-state index contributed by atoms with van der Waals surface area (Å²) in [6.45, 7) is 4.60. The van der Waals surface area contributed by atoms with Crippen molar-refractivity contribution in [3.8, 4) is 11.5 Å². The van der Waals surface area contributed by atoms with E-state index in [1.807, 2.05) is 25.1 Å². The second-order valence-electron chi connectivity index (χ2n) is 4.51. The lowest BCUT2D eigenvalue weighted by atomic mass is 10.1. The Balaban J connectivity index is 2.18. The zero-order chi connectivity index (χ0) is 13.8. The quantitative estimate of drug-likeness (QED) is 0.816. The van der Waals surface area contributed by atoms with Crippen molar-refractivity contribution in [2.45, 2.75) is 20.5 Å². The van der Waals surface area contributed by atoms with E-state index in [2.05, 4.69) is 41.1 Å². The van der Waals surface area contributed by atoms with Crippen molar-refractivity contribution >= 4 is 15.9 Å². The molecule has 0 spiro atoms. The van der Waals surface area contributed by atoms with Gasteiger partial charge in [-0.15, -0.1) is 0 Å². The fraction of sp³-hybridized carbons (Fsp3) is 0.250. The van der Waals surface area contributed by atoms with Crippen molar-refractivity contribution in [2.24, 2.45) is 0 Å². The van der Waals surface area contributed by atoms with Gasteiger partial charge in [0.15, 0.2) is 0 Å². The van der Waals surface area contributed by atoms with Crippen LogP contribution in [-0.4, -0.2) is 7.11 Å². The van der Waals surface area contributed by atoms with Crippen LogP contribution in [0.5, 0.6) is 11.5 Å². The predicted octanol–water partition coefficient (Wildman–Crippen LogP) is 4.65. The van der Waals surface area contributed by atoms with Crippen molar-refractivity contribution in [3.05, 3.63) is 57.6 Å². The van der Waals surface area contributed by atoms with E-state index in [0.717, 1.165) is 27.1 Å². The molecular formula is C16H17BrO2. The lowest BCUT2D eigenvalue weighted by Gasteiger charge is -2.13. The zero-order valence-electron chi connectivity index (χ0n) is 11.4. The van der Waals surface area contributed by atoms with E-state index in [4.69, 9.17) is 9.47 Å². The number of aryl methyl sites for hydroxylation is 2. The third-order valence-electron chi connectivity index (χ3n) is 2.97. The molecule has 0 aliphatic heterocycles. The number of rotatable bonds is 4. The molecule has 0 heterocycles. The topological polar surface area (TPSA) is 18.5 Å². The van der Waals surface area contributed by atoms with E-state index in [1.54, 1.807) is 7.11 Å². The molecule has 0 unspecified atom stereocenters. The van der Waals surface area contributed by atoms with Crippen LogP contribution in [-0.2, 0) is 6.61 Å². The third-order valence-corrected chi connectivity index (χ3v) is 3.46. The number of hydrogen-bond donors (Lipinski definition) is 0. The van der Waals surface area contributed by atoms with Crippen LogP contribution in [0.2, 0.25) is 0 Å². The van der Waals surface area contributed by atoms with Gasteiger partial charge < -0.3 is 9.47 Å². The highest BCUT2D eigenvalue weighted by molar-refractivity contribution is 9.10. The molecule has 0 saturated heterocycles. The Morgan fingerprint density at radius 3 is 2.53 bits per heavy atom. The van der Waals surface area contributed by atoms with Crippen molar-refractivity contribution in [1.29, 1.82) is 0 Å². The van der Waals surface area contributed by atoms with Crippen LogP contribution in [0.1, 0.15) is 16.7 Å². The monoisotopic (exact) mass is 320 g/mol. The van der Waals surface area contributed by atoms with E-state index >= 15 is 0 Å². The predicted molar refractivity (Wildman–Crippen MR) is 80.9 cm³/mol. The molecule has 19 heavy (non-hydrogen) atoms. The van der Waals surface area contributed by atoms with Gasteiger partial charge in [-0.3, -0.25) is 0 Å². The maximum Gasteiger partial charge on any atom is 0.125 e. The number of ether oxygens (including phenoxy) is 2. The Bertz CT molecular complexity index is 579. The molecule has 0 aliphatic rings. The summed E-state index contributed by atoms with van der Waals surface area (Å²) in [6, 6.07) is 12.1. The highest BCUT2D eigenvalue weighted by Crippen LogP contribution is 2.26. The maximum absolute atomic E-state index is 5.90. The highest BCUT2D eigenvalue weighted by atomic mass is 79.9. The highest BCUT2D eigenvalue weighted by Gasteiger charge is 2.06. The normalized spacial score (nSPS) is 10.3. The molecule has 2 rings (SSSR count). The first-order chi connectivity index (χ1) is 9.10. The molecule has 0 N–H and O–H groups in total. The zero-order valence-corrected chi connectivity index (χ0v) is 13.0. The summed E-state index contributed by atoms with van der Waals surface area (Å²) >= 11 is 3.47. The first-order valence-corrected chi connectivity index (χ1v) is 6.92. The molecule has 0 saturated carbocycles. The van der Waals surface area contributed by atoms with Gasteiger partial charge in [-0.25, -0.2) is 0 Å². The van der Waals surface area contributed by atoms with Crippen LogP contribution >= 0.6 is 15.9 Å². The van der Waals surface area contributed by atoms with Gasteiger partial charge in [0, 0.05) is 10.0 Å². The van der Waals surface area contributed by atoms with Gasteiger partial charge in [0.05, 0.1) is 7.11 Å². The van der Waals surface area contributed by atoms with E-state index in [1.165, 1.54) is 5.56 Å². The van der Waals surface area contributed by atoms with E-state index in [9.17, 15) is 0 Å². The summed E-state index contributed by atoms with van der Waals surface area (Å²) in [6.07, 6.45) is 0. The van der Waals surface area contributed by atoms with Crippen molar-refractivity contribution in [2.75, 3.05) is 7.11 Å². The molecule has 0 atom stereocenters. The molecule has 0 aromatic heterocycles. The SMILES string of the molecule is COc1ccc(Br)cc1COc1cc(C)ccc1C. The van der Waals surface area contributed by atoms with Crippen LogP contribution < -0.4 is 9.47 Å². The minimum absolute atomic E-state index is 0.493. The summed E-state index contributed by atoms with van der Waals surface area (Å²) in [4.78, 5) is 0. The van der Waals surface area contributed by atoms with Crippen molar-refractivity contribution in [3.63, 3.8) is 0 Å². The summed E-state index contributed by atoms with van der Waals surface area (Å²) in [7, 11) is 1.67. The van der Waals surface area contributed by atoms with Crippen LogP contribution in [0, 0.1) is 13.8 Å². The molecule has 0 radical (unpaired) electrons. The van der Waals surface area contributed by atoms with Gasteiger partial charge in [-0.1, -0.05) is 28.1 Å². The third kappa shape index (κ3) is 3.51. The Labute approximate surface area is 122 Å².